The Morgan fingerprint density at radius 3 is 2.37 bits per heavy atom. The summed E-state index contributed by atoms with van der Waals surface area (Å²) in [6, 6.07) is 16.8. The summed E-state index contributed by atoms with van der Waals surface area (Å²) in [5.41, 5.74) is 7.39. The number of nitrogens with two attached hydrogens (primary N) is 1. The third-order valence-corrected chi connectivity index (χ3v) is 5.25. The summed E-state index contributed by atoms with van der Waals surface area (Å²) in [6.45, 7) is 0.289. The van der Waals surface area contributed by atoms with Crippen molar-refractivity contribution in [3.63, 3.8) is 0 Å². The molecule has 0 saturated carbocycles. The molecular weight excluding hydrogens is 515 g/mol. The molecule has 0 heterocycles. The Hall–Kier alpha value is -2.25. The van der Waals surface area contributed by atoms with Crippen molar-refractivity contribution in [2.24, 2.45) is 10.9 Å². The van der Waals surface area contributed by atoms with Crippen LogP contribution in [0.25, 0.3) is 0 Å². The maximum atomic E-state index is 12.2. The zero-order valence-corrected chi connectivity index (χ0v) is 19.1. The van der Waals surface area contributed by atoms with Gasteiger partial charge in [0.1, 0.15) is 12.4 Å². The number of carbonyl (C=O) groups excluding carboxylic acids is 1. The molecule has 9 heteroatoms. The molecule has 0 aromatic heterocycles. The SMILES string of the molecule is N/C(=N\OC(=O)c1ccc(COc2ccc(Br)cc2Cl)cc1)c1ccc(Cl)cc1Cl. The Kier molecular flexibility index (Phi) is 7.61. The van der Waals surface area contributed by atoms with Crippen LogP contribution in [0.1, 0.15) is 21.5 Å². The van der Waals surface area contributed by atoms with Crippen LogP contribution in [0.3, 0.4) is 0 Å². The summed E-state index contributed by atoms with van der Waals surface area (Å²) in [5.74, 6) is -0.137. The number of benzene rings is 3. The fourth-order valence-corrected chi connectivity index (χ4v) is 3.61. The first-order valence-electron chi connectivity index (χ1n) is 8.50. The van der Waals surface area contributed by atoms with E-state index >= 15 is 0 Å². The van der Waals surface area contributed by atoms with Crippen LogP contribution in [0, 0.1) is 0 Å². The fourth-order valence-electron chi connectivity index (χ4n) is 2.38. The van der Waals surface area contributed by atoms with Gasteiger partial charge in [0, 0.05) is 15.1 Å². The Labute approximate surface area is 196 Å². The topological polar surface area (TPSA) is 73.9 Å². The molecule has 154 valence electrons. The van der Waals surface area contributed by atoms with Gasteiger partial charge >= 0.3 is 5.97 Å². The van der Waals surface area contributed by atoms with Crippen LogP contribution in [0.2, 0.25) is 15.1 Å². The second kappa shape index (κ2) is 10.2. The van der Waals surface area contributed by atoms with Crippen LogP contribution in [0.4, 0.5) is 0 Å². The van der Waals surface area contributed by atoms with Gasteiger partial charge in [-0.2, -0.15) is 0 Å². The number of hydrogen-bond acceptors (Lipinski definition) is 4. The number of halogens is 4. The van der Waals surface area contributed by atoms with E-state index in [0.29, 0.717) is 31.9 Å². The molecule has 0 fully saturated rings. The second-order valence-electron chi connectivity index (χ2n) is 6.04. The van der Waals surface area contributed by atoms with E-state index in [0.717, 1.165) is 10.0 Å². The Balaban J connectivity index is 1.60. The van der Waals surface area contributed by atoms with E-state index < -0.39 is 5.97 Å². The molecule has 3 aromatic rings. The molecule has 2 N–H and O–H groups in total. The highest BCUT2D eigenvalue weighted by Crippen LogP contribution is 2.28. The first-order valence-corrected chi connectivity index (χ1v) is 10.4. The normalized spacial score (nSPS) is 11.3. The van der Waals surface area contributed by atoms with E-state index in [1.165, 1.54) is 6.07 Å². The summed E-state index contributed by atoms with van der Waals surface area (Å²) in [6.07, 6.45) is 0. The van der Waals surface area contributed by atoms with E-state index in [-0.39, 0.29) is 12.4 Å². The molecule has 0 aliphatic heterocycles. The minimum absolute atomic E-state index is 0.0404. The first-order chi connectivity index (χ1) is 14.3. The van der Waals surface area contributed by atoms with Crippen LogP contribution in [-0.4, -0.2) is 11.8 Å². The van der Waals surface area contributed by atoms with Gasteiger partial charge in [-0.3, -0.25) is 0 Å². The van der Waals surface area contributed by atoms with E-state index in [1.54, 1.807) is 48.5 Å². The molecule has 0 bridgehead atoms. The lowest BCUT2D eigenvalue weighted by atomic mass is 10.1. The largest absolute Gasteiger partial charge is 0.487 e. The quantitative estimate of drug-likeness (QED) is 0.172. The van der Waals surface area contributed by atoms with Crippen LogP contribution >= 0.6 is 50.7 Å². The Morgan fingerprint density at radius 1 is 0.967 bits per heavy atom. The molecule has 3 rings (SSSR count). The van der Waals surface area contributed by atoms with E-state index in [9.17, 15) is 4.79 Å². The smallest absolute Gasteiger partial charge is 0.365 e. The Bertz CT molecular complexity index is 1110. The van der Waals surface area contributed by atoms with Gasteiger partial charge in [-0.25, -0.2) is 4.79 Å². The number of oxime groups is 1. The highest BCUT2D eigenvalue weighted by Gasteiger charge is 2.11. The average molecular weight is 529 g/mol. The van der Waals surface area contributed by atoms with Crippen LogP contribution in [0.5, 0.6) is 5.75 Å². The number of amidine groups is 1. The van der Waals surface area contributed by atoms with Crippen molar-refractivity contribution in [3.8, 4) is 5.75 Å². The van der Waals surface area contributed by atoms with Crippen molar-refractivity contribution in [3.05, 3.63) is 96.9 Å². The summed E-state index contributed by atoms with van der Waals surface area (Å²) < 4.78 is 6.56. The van der Waals surface area contributed by atoms with Crippen molar-refractivity contribution in [2.75, 3.05) is 0 Å². The summed E-state index contributed by atoms with van der Waals surface area (Å²) in [5, 5.41) is 4.91. The fraction of sp³-hybridized carbons (Fsp3) is 0.0476. The Morgan fingerprint density at radius 2 is 1.70 bits per heavy atom. The van der Waals surface area contributed by atoms with Crippen molar-refractivity contribution < 1.29 is 14.4 Å². The molecule has 0 amide bonds. The van der Waals surface area contributed by atoms with Gasteiger partial charge < -0.3 is 15.3 Å². The van der Waals surface area contributed by atoms with E-state index in [1.807, 2.05) is 6.07 Å². The molecule has 0 aliphatic rings. The summed E-state index contributed by atoms with van der Waals surface area (Å²) in [4.78, 5) is 17.1. The first kappa shape index (κ1) is 22.4. The predicted octanol–water partition coefficient (Wildman–Crippen LogP) is 6.47. The monoisotopic (exact) mass is 526 g/mol. The minimum atomic E-state index is -0.661. The molecule has 5 nitrogen and oxygen atoms in total. The van der Waals surface area contributed by atoms with Gasteiger partial charge in [0.15, 0.2) is 5.84 Å². The molecule has 0 unspecified atom stereocenters. The van der Waals surface area contributed by atoms with Gasteiger partial charge in [-0.1, -0.05) is 68.0 Å². The number of ether oxygens (including phenoxy) is 1. The molecule has 0 saturated heterocycles. The van der Waals surface area contributed by atoms with Gasteiger partial charge in [-0.15, -0.1) is 0 Å². The third kappa shape index (κ3) is 5.89. The number of hydrogen-bond donors (Lipinski definition) is 1. The van der Waals surface area contributed by atoms with Crippen LogP contribution in [0.15, 0.2) is 70.3 Å². The molecule has 0 atom stereocenters. The van der Waals surface area contributed by atoms with E-state index in [2.05, 4.69) is 21.1 Å². The zero-order chi connectivity index (χ0) is 21.7. The van der Waals surface area contributed by atoms with E-state index in [4.69, 9.17) is 50.1 Å². The molecule has 0 spiro atoms. The van der Waals surface area contributed by atoms with Gasteiger partial charge in [0.05, 0.1) is 15.6 Å². The highest BCUT2D eigenvalue weighted by molar-refractivity contribution is 9.10. The molecule has 0 radical (unpaired) electrons. The maximum Gasteiger partial charge on any atom is 0.365 e. The lowest BCUT2D eigenvalue weighted by Crippen LogP contribution is -2.15. The van der Waals surface area contributed by atoms with Gasteiger partial charge in [-0.05, 0) is 54.1 Å². The van der Waals surface area contributed by atoms with Crippen molar-refractivity contribution in [1.82, 2.24) is 0 Å². The maximum absolute atomic E-state index is 12.2. The predicted molar refractivity (Wildman–Crippen MR) is 123 cm³/mol. The highest BCUT2D eigenvalue weighted by atomic mass is 79.9. The molecule has 3 aromatic carbocycles. The third-order valence-electron chi connectivity index (χ3n) is 3.91. The molecular formula is C21H14BrCl3N2O3. The van der Waals surface area contributed by atoms with Crippen molar-refractivity contribution in [2.45, 2.75) is 6.61 Å². The number of carbonyl (C=O) groups is 1. The molecule has 30 heavy (non-hydrogen) atoms. The van der Waals surface area contributed by atoms with Gasteiger partial charge in [0.2, 0.25) is 0 Å². The van der Waals surface area contributed by atoms with Crippen LogP contribution < -0.4 is 10.5 Å². The number of rotatable bonds is 6. The second-order valence-corrected chi connectivity index (χ2v) is 8.21. The molecule has 0 aliphatic carbocycles. The van der Waals surface area contributed by atoms with Gasteiger partial charge in [0.25, 0.3) is 0 Å². The summed E-state index contributed by atoms with van der Waals surface area (Å²) in [7, 11) is 0. The average Bonchev–Trinajstić information content (AvgIpc) is 2.71. The van der Waals surface area contributed by atoms with Crippen molar-refractivity contribution in [1.29, 1.82) is 0 Å². The summed E-state index contributed by atoms with van der Waals surface area (Å²) >= 11 is 21.4. The lowest BCUT2D eigenvalue weighted by Gasteiger charge is -2.09. The number of nitrogens with zero attached hydrogens (tertiary/aromatic N) is 1. The lowest BCUT2D eigenvalue weighted by molar-refractivity contribution is 0.0516. The standard InChI is InChI=1S/C21H14BrCl3N2O3/c22-14-5-8-19(18(25)9-14)29-11-12-1-3-13(4-2-12)21(28)30-27-20(26)16-7-6-15(23)10-17(16)24/h1-10H,11H2,(H2,26,27). The van der Waals surface area contributed by atoms with Crippen LogP contribution in [-0.2, 0) is 11.4 Å². The minimum Gasteiger partial charge on any atom is -0.487 e. The van der Waals surface area contributed by atoms with Crippen molar-refractivity contribution >= 4 is 62.5 Å². The zero-order valence-electron chi connectivity index (χ0n) is 15.2.